The molecule has 0 radical (unpaired) electrons. The molecule has 2 saturated heterocycles. The first-order valence-electron chi connectivity index (χ1n) is 22.3. The van der Waals surface area contributed by atoms with Crippen LogP contribution in [0, 0.1) is 11.8 Å². The number of nitrogens with zero attached hydrogens (tertiary/aromatic N) is 6. The van der Waals surface area contributed by atoms with E-state index in [1.165, 1.54) is 12.1 Å². The number of ketones is 1. The summed E-state index contributed by atoms with van der Waals surface area (Å²) in [6, 6.07) is 25.1. The molecule has 4 aromatic carbocycles. The van der Waals surface area contributed by atoms with Crippen LogP contribution in [0.4, 0.5) is 23.0 Å². The van der Waals surface area contributed by atoms with Crippen LogP contribution in [0.5, 0.6) is 11.5 Å². The molecule has 4 fully saturated rings. The fraction of sp³-hybridized carbons (Fsp3) is 0.367. The van der Waals surface area contributed by atoms with E-state index >= 15 is 4.79 Å². The van der Waals surface area contributed by atoms with Crippen molar-refractivity contribution in [3.05, 3.63) is 106 Å². The Labute approximate surface area is 395 Å². The number of hydrogen-bond donors (Lipinski definition) is 0. The van der Waals surface area contributed by atoms with E-state index < -0.39 is 25.5 Å². The number of aromatic nitrogens is 2. The van der Waals surface area contributed by atoms with E-state index in [2.05, 4.69) is 19.6 Å². The molecule has 13 nitrogen and oxygen atoms in total. The number of piperazine rings is 2. The van der Waals surface area contributed by atoms with E-state index in [4.69, 9.17) is 42.6 Å². The summed E-state index contributed by atoms with van der Waals surface area (Å²) in [5, 5.41) is 3.16. The van der Waals surface area contributed by atoms with Crippen molar-refractivity contribution >= 4 is 93.5 Å². The topological polar surface area (TPSA) is 143 Å². The predicted molar refractivity (Wildman–Crippen MR) is 261 cm³/mol. The first kappa shape index (κ1) is 44.5. The molecule has 10 rings (SSSR count). The van der Waals surface area contributed by atoms with Crippen LogP contribution in [0.25, 0.3) is 21.8 Å². The van der Waals surface area contributed by atoms with Crippen LogP contribution in [0.2, 0.25) is 10.0 Å². The smallest absolute Gasteiger partial charge is 0.200 e. The van der Waals surface area contributed by atoms with Gasteiger partial charge in [-0.25, -0.2) is 26.8 Å². The Morgan fingerprint density at radius 2 is 0.924 bits per heavy atom. The van der Waals surface area contributed by atoms with Crippen LogP contribution in [0.3, 0.4) is 0 Å². The van der Waals surface area contributed by atoms with E-state index in [-0.39, 0.29) is 32.4 Å². The first-order valence-corrected chi connectivity index (χ1v) is 26.9. The average Bonchev–Trinajstić information content (AvgIpc) is 4.26. The zero-order valence-electron chi connectivity index (χ0n) is 36.8. The molecule has 0 bridgehead atoms. The maximum absolute atomic E-state index is 15.5. The molecular weight excluding hydrogens is 920 g/mol. The van der Waals surface area contributed by atoms with Gasteiger partial charge >= 0.3 is 0 Å². The second kappa shape index (κ2) is 17.7. The molecule has 17 heteroatoms. The molecule has 66 heavy (non-hydrogen) atoms. The molecule has 0 N–H and O–H groups in total. The molecule has 0 spiro atoms. The fourth-order valence-corrected chi connectivity index (χ4v) is 10.4. The summed E-state index contributed by atoms with van der Waals surface area (Å²) in [5.41, 5.74) is 2.71. The van der Waals surface area contributed by atoms with E-state index in [0.29, 0.717) is 98.8 Å². The van der Waals surface area contributed by atoms with Crippen LogP contribution in [-0.2, 0) is 19.7 Å². The van der Waals surface area contributed by atoms with Crippen molar-refractivity contribution in [3.8, 4) is 11.5 Å². The van der Waals surface area contributed by atoms with Gasteiger partial charge in [0, 0.05) is 85.7 Å². The van der Waals surface area contributed by atoms with Crippen molar-refractivity contribution in [2.45, 2.75) is 35.5 Å². The van der Waals surface area contributed by atoms with Gasteiger partial charge in [0.2, 0.25) is 5.78 Å². The average molecular weight is 970 g/mol. The second-order valence-corrected chi connectivity index (χ2v) is 22.9. The minimum Gasteiger partial charge on any atom is -0.490 e. The largest absolute Gasteiger partial charge is 0.490 e. The molecule has 0 unspecified atom stereocenters. The summed E-state index contributed by atoms with van der Waals surface area (Å²) >= 11 is 12.5. The SMILES string of the molecule is CS(=O)(=O)c1cc(C(=O)c2cc(S(C)(=O)=O)cc(N3CCN(c4ccc5cc(Cl)ccc5n4)CC3)c2OCC2CC2)c(OCC2CC2)c(N2CCN(c3ccc4cc(Cl)ccc4n3)CC2)c1. The van der Waals surface area contributed by atoms with Crippen molar-refractivity contribution in [2.75, 3.05) is 97.7 Å². The van der Waals surface area contributed by atoms with Crippen LogP contribution >= 0.6 is 23.2 Å². The van der Waals surface area contributed by atoms with E-state index in [0.717, 1.165) is 71.6 Å². The number of ether oxygens (including phenoxy) is 2. The lowest BCUT2D eigenvalue weighted by molar-refractivity contribution is 0.103. The van der Waals surface area contributed by atoms with Crippen molar-refractivity contribution in [1.29, 1.82) is 0 Å². The number of benzene rings is 4. The summed E-state index contributed by atoms with van der Waals surface area (Å²) in [6.45, 7) is 4.91. The number of fused-ring (bicyclic) bond motifs is 2. The Morgan fingerprint density at radius 3 is 1.29 bits per heavy atom. The van der Waals surface area contributed by atoms with Gasteiger partial charge in [-0.1, -0.05) is 23.2 Å². The molecule has 4 aliphatic rings. The maximum atomic E-state index is 15.5. The number of pyridine rings is 2. The van der Waals surface area contributed by atoms with Gasteiger partial charge in [0.15, 0.2) is 31.2 Å². The van der Waals surface area contributed by atoms with Crippen molar-refractivity contribution in [1.82, 2.24) is 9.97 Å². The van der Waals surface area contributed by atoms with Gasteiger partial charge in [0.25, 0.3) is 0 Å². The normalized spacial score (nSPS) is 17.2. The first-order chi connectivity index (χ1) is 31.6. The molecule has 2 aliphatic heterocycles. The summed E-state index contributed by atoms with van der Waals surface area (Å²) in [7, 11) is -7.71. The standard InChI is InChI=1S/C49H50Cl2N6O7S2/c1-65(59,60)37-25-39(48(63-29-31-3-4-31)43(27-37)54-15-19-56(20-16-54)45-13-7-33-23-35(50)9-11-41(33)52-45)47(58)40-26-38(66(2,61)62)28-44(49(40)64-30-32-5-6-32)55-17-21-57(22-18-55)46-14-8-34-24-36(51)10-12-42(34)53-46/h7-14,23-28,31-32H,3-6,15-22,29-30H2,1-2H3. The van der Waals surface area contributed by atoms with Crippen molar-refractivity contribution in [3.63, 3.8) is 0 Å². The molecule has 4 heterocycles. The van der Waals surface area contributed by atoms with Gasteiger partial charge in [-0.15, -0.1) is 0 Å². The Kier molecular flexibility index (Phi) is 11.9. The Morgan fingerprint density at radius 1 is 0.545 bits per heavy atom. The lowest BCUT2D eigenvalue weighted by Gasteiger charge is -2.38. The highest BCUT2D eigenvalue weighted by atomic mass is 35.5. The number of carbonyl (C=O) groups excluding carboxylic acids is 1. The van der Waals surface area contributed by atoms with Crippen molar-refractivity contribution in [2.24, 2.45) is 11.8 Å². The third-order valence-corrected chi connectivity index (χ3v) is 15.6. The van der Waals surface area contributed by atoms with E-state index in [1.807, 2.05) is 60.7 Å². The third-order valence-electron chi connectivity index (χ3n) is 12.9. The highest BCUT2D eigenvalue weighted by molar-refractivity contribution is 7.91. The van der Waals surface area contributed by atoms with Crippen LogP contribution in [0.1, 0.15) is 41.6 Å². The molecule has 344 valence electrons. The zero-order chi connectivity index (χ0) is 45.9. The summed E-state index contributed by atoms with van der Waals surface area (Å²) in [4.78, 5) is 33.7. The maximum Gasteiger partial charge on any atom is 0.200 e. The number of carbonyl (C=O) groups is 1. The molecular formula is C49H50Cl2N6O7S2. The highest BCUT2D eigenvalue weighted by Gasteiger charge is 2.34. The number of sulfone groups is 2. The molecule has 0 atom stereocenters. The second-order valence-electron chi connectivity index (χ2n) is 18.0. The van der Waals surface area contributed by atoms with E-state index in [9.17, 15) is 16.8 Å². The van der Waals surface area contributed by atoms with Gasteiger partial charge in [-0.2, -0.15) is 0 Å². The highest BCUT2D eigenvalue weighted by Crippen LogP contribution is 2.44. The minimum atomic E-state index is -3.85. The van der Waals surface area contributed by atoms with Crippen LogP contribution < -0.4 is 29.1 Å². The number of anilines is 4. The quantitative estimate of drug-likeness (QED) is 0.0967. The van der Waals surface area contributed by atoms with Gasteiger partial charge in [-0.3, -0.25) is 4.79 Å². The summed E-state index contributed by atoms with van der Waals surface area (Å²) < 4.78 is 67.3. The Hall–Kier alpha value is -5.35. The van der Waals surface area contributed by atoms with Gasteiger partial charge in [-0.05, 0) is 122 Å². The lowest BCUT2D eigenvalue weighted by Crippen LogP contribution is -2.47. The van der Waals surface area contributed by atoms with Gasteiger partial charge < -0.3 is 29.1 Å². The zero-order valence-corrected chi connectivity index (χ0v) is 39.9. The Balaban J connectivity index is 1.02. The molecule has 0 amide bonds. The summed E-state index contributed by atoms with van der Waals surface area (Å²) in [5.74, 6) is 2.20. The lowest BCUT2D eigenvalue weighted by atomic mass is 9.98. The predicted octanol–water partition coefficient (Wildman–Crippen LogP) is 8.36. The molecule has 6 aromatic rings. The van der Waals surface area contributed by atoms with Crippen molar-refractivity contribution < 1.29 is 31.1 Å². The monoisotopic (exact) mass is 968 g/mol. The summed E-state index contributed by atoms with van der Waals surface area (Å²) in [6.07, 6.45) is 6.19. The minimum absolute atomic E-state index is 0.0345. The number of hydrogen-bond acceptors (Lipinski definition) is 13. The molecule has 2 aliphatic carbocycles. The number of rotatable bonds is 14. The van der Waals surface area contributed by atoms with Crippen LogP contribution in [-0.4, -0.2) is 111 Å². The number of halogens is 2. The molecule has 2 saturated carbocycles. The third kappa shape index (κ3) is 9.58. The van der Waals surface area contributed by atoms with Gasteiger partial charge in [0.1, 0.15) is 11.6 Å². The molecule has 2 aromatic heterocycles. The Bertz CT molecular complexity index is 2910. The van der Waals surface area contributed by atoms with Gasteiger partial charge in [0.05, 0.1) is 56.5 Å². The fourth-order valence-electron chi connectivity index (χ4n) is 8.71. The van der Waals surface area contributed by atoms with E-state index in [1.54, 1.807) is 12.1 Å². The van der Waals surface area contributed by atoms with Crippen LogP contribution in [0.15, 0.2) is 94.7 Å².